The van der Waals surface area contributed by atoms with E-state index in [9.17, 15) is 4.79 Å². The molecule has 1 amide bonds. The summed E-state index contributed by atoms with van der Waals surface area (Å²) in [5, 5.41) is 3.92. The number of carbonyl (C=O) groups excluding carboxylic acids is 1. The van der Waals surface area contributed by atoms with Gasteiger partial charge in [0.1, 0.15) is 5.76 Å². The molecule has 0 saturated carbocycles. The average molecular weight is 409 g/mol. The molecule has 2 aromatic heterocycles. The van der Waals surface area contributed by atoms with Crippen LogP contribution >= 0.6 is 15.9 Å². The summed E-state index contributed by atoms with van der Waals surface area (Å²) in [7, 11) is 0. The van der Waals surface area contributed by atoms with Crippen molar-refractivity contribution in [2.24, 2.45) is 5.92 Å². The Morgan fingerprint density at radius 2 is 2.16 bits per heavy atom. The summed E-state index contributed by atoms with van der Waals surface area (Å²) in [6.07, 6.45) is 5.66. The van der Waals surface area contributed by atoms with E-state index in [2.05, 4.69) is 31.1 Å². The van der Waals surface area contributed by atoms with Crippen LogP contribution in [0, 0.1) is 19.8 Å². The van der Waals surface area contributed by atoms with Gasteiger partial charge in [-0.1, -0.05) is 5.16 Å². The van der Waals surface area contributed by atoms with Crippen LogP contribution in [0.1, 0.15) is 29.9 Å². The fraction of sp³-hybridized carbons (Fsp3) is 0.529. The van der Waals surface area contributed by atoms with E-state index in [1.54, 1.807) is 12.4 Å². The van der Waals surface area contributed by atoms with Gasteiger partial charge in [0.25, 0.3) is 0 Å². The summed E-state index contributed by atoms with van der Waals surface area (Å²) < 4.78 is 11.6. The Morgan fingerprint density at radius 1 is 1.40 bits per heavy atom. The molecule has 0 spiro atoms. The summed E-state index contributed by atoms with van der Waals surface area (Å²) in [6.45, 7) is 5.70. The van der Waals surface area contributed by atoms with Gasteiger partial charge in [-0.3, -0.25) is 4.79 Å². The van der Waals surface area contributed by atoms with Gasteiger partial charge in [-0.15, -0.1) is 0 Å². The van der Waals surface area contributed by atoms with Crippen LogP contribution in [-0.2, 0) is 11.2 Å². The highest BCUT2D eigenvalue weighted by molar-refractivity contribution is 9.10. The summed E-state index contributed by atoms with van der Waals surface area (Å²) in [5.74, 6) is 1.11. The summed E-state index contributed by atoms with van der Waals surface area (Å²) in [6, 6.07) is 0.363. The highest BCUT2D eigenvalue weighted by Crippen LogP contribution is 2.20. The van der Waals surface area contributed by atoms with E-state index < -0.39 is 0 Å². The molecule has 1 atom stereocenters. The molecule has 8 heteroatoms. The first-order chi connectivity index (χ1) is 12.0. The number of aryl methyl sites for hydroxylation is 2. The number of amides is 1. The van der Waals surface area contributed by atoms with E-state index in [4.69, 9.17) is 9.26 Å². The third-order valence-corrected chi connectivity index (χ3v) is 4.84. The Kier molecular flexibility index (Phi) is 5.67. The van der Waals surface area contributed by atoms with Crippen molar-refractivity contribution in [3.8, 4) is 6.01 Å². The van der Waals surface area contributed by atoms with Crippen molar-refractivity contribution >= 4 is 21.8 Å². The molecule has 1 unspecified atom stereocenters. The number of hydrogen-bond donors (Lipinski definition) is 0. The molecule has 7 nitrogen and oxygen atoms in total. The molecule has 0 aliphatic carbocycles. The first-order valence-electron chi connectivity index (χ1n) is 8.33. The van der Waals surface area contributed by atoms with Crippen LogP contribution in [-0.4, -0.2) is 45.6 Å². The maximum atomic E-state index is 12.6. The monoisotopic (exact) mass is 408 g/mol. The molecule has 1 fully saturated rings. The first-order valence-corrected chi connectivity index (χ1v) is 9.12. The molecule has 0 N–H and O–H groups in total. The molecule has 0 aromatic carbocycles. The van der Waals surface area contributed by atoms with E-state index in [1.165, 1.54) is 0 Å². The van der Waals surface area contributed by atoms with Crippen molar-refractivity contribution in [2.45, 2.75) is 33.1 Å². The van der Waals surface area contributed by atoms with Crippen molar-refractivity contribution in [1.29, 1.82) is 0 Å². The lowest BCUT2D eigenvalue weighted by molar-refractivity contribution is -0.132. The Morgan fingerprint density at radius 3 is 2.84 bits per heavy atom. The van der Waals surface area contributed by atoms with Gasteiger partial charge in [0.15, 0.2) is 0 Å². The fourth-order valence-corrected chi connectivity index (χ4v) is 3.22. The van der Waals surface area contributed by atoms with Crippen molar-refractivity contribution in [1.82, 2.24) is 20.0 Å². The van der Waals surface area contributed by atoms with Crippen LogP contribution in [0.5, 0.6) is 6.01 Å². The summed E-state index contributed by atoms with van der Waals surface area (Å²) in [4.78, 5) is 22.7. The number of halogens is 1. The third-order valence-electron chi connectivity index (χ3n) is 4.43. The highest BCUT2D eigenvalue weighted by atomic mass is 79.9. The van der Waals surface area contributed by atoms with Crippen LogP contribution in [0.25, 0.3) is 0 Å². The standard InChI is InChI=1S/C17H21BrN4O3/c1-11-15(12(2)25-21-11)6-16(23)22-5-3-4-13(9-22)10-24-17-19-7-14(18)8-20-17/h7-8,13H,3-6,9-10H2,1-2H3. The largest absolute Gasteiger partial charge is 0.463 e. The number of hydrogen-bond acceptors (Lipinski definition) is 6. The van der Waals surface area contributed by atoms with E-state index in [1.807, 2.05) is 18.7 Å². The Labute approximate surface area is 154 Å². The minimum Gasteiger partial charge on any atom is -0.463 e. The number of likely N-dealkylation sites (tertiary alicyclic amines) is 1. The van der Waals surface area contributed by atoms with Crippen LogP contribution < -0.4 is 4.74 Å². The number of nitrogens with zero attached hydrogens (tertiary/aromatic N) is 4. The van der Waals surface area contributed by atoms with E-state index >= 15 is 0 Å². The molecule has 25 heavy (non-hydrogen) atoms. The predicted molar refractivity (Wildman–Crippen MR) is 94.2 cm³/mol. The normalized spacial score (nSPS) is 17.6. The fourth-order valence-electron chi connectivity index (χ4n) is 3.01. The second-order valence-corrected chi connectivity index (χ2v) is 7.24. The molecule has 0 radical (unpaired) electrons. The number of carbonyl (C=O) groups is 1. The Bertz CT molecular complexity index is 712. The highest BCUT2D eigenvalue weighted by Gasteiger charge is 2.25. The molecule has 1 saturated heterocycles. The number of piperidine rings is 1. The van der Waals surface area contributed by atoms with Gasteiger partial charge in [0.2, 0.25) is 5.91 Å². The van der Waals surface area contributed by atoms with E-state index in [0.717, 1.165) is 40.9 Å². The topological polar surface area (TPSA) is 81.4 Å². The average Bonchev–Trinajstić information content (AvgIpc) is 2.93. The Hall–Kier alpha value is -1.96. The van der Waals surface area contributed by atoms with Gasteiger partial charge in [0.05, 0.1) is 23.2 Å². The number of ether oxygens (including phenoxy) is 1. The molecule has 3 heterocycles. The van der Waals surface area contributed by atoms with Crippen molar-refractivity contribution in [3.05, 3.63) is 33.9 Å². The van der Waals surface area contributed by atoms with Gasteiger partial charge in [-0.05, 0) is 42.6 Å². The molecule has 134 valence electrons. The lowest BCUT2D eigenvalue weighted by atomic mass is 9.98. The Balaban J connectivity index is 1.53. The lowest BCUT2D eigenvalue weighted by Gasteiger charge is -2.32. The van der Waals surface area contributed by atoms with Gasteiger partial charge in [-0.2, -0.15) is 0 Å². The quantitative estimate of drug-likeness (QED) is 0.756. The molecule has 1 aliphatic heterocycles. The molecule has 1 aliphatic rings. The van der Waals surface area contributed by atoms with Crippen molar-refractivity contribution in [3.63, 3.8) is 0 Å². The maximum absolute atomic E-state index is 12.6. The second kappa shape index (κ2) is 7.95. The van der Waals surface area contributed by atoms with Gasteiger partial charge in [-0.25, -0.2) is 9.97 Å². The van der Waals surface area contributed by atoms with Gasteiger partial charge in [0, 0.05) is 37.0 Å². The second-order valence-electron chi connectivity index (χ2n) is 6.32. The lowest BCUT2D eigenvalue weighted by Crippen LogP contribution is -2.42. The van der Waals surface area contributed by atoms with Crippen LogP contribution in [0.2, 0.25) is 0 Å². The molecule has 0 bridgehead atoms. The molecular weight excluding hydrogens is 388 g/mol. The maximum Gasteiger partial charge on any atom is 0.316 e. The zero-order chi connectivity index (χ0) is 17.8. The predicted octanol–water partition coefficient (Wildman–Crippen LogP) is 2.70. The molecule has 3 rings (SSSR count). The number of rotatable bonds is 5. The van der Waals surface area contributed by atoms with E-state index in [-0.39, 0.29) is 11.8 Å². The molecular formula is C17H21BrN4O3. The first kappa shape index (κ1) is 17.8. The minimum absolute atomic E-state index is 0.110. The zero-order valence-electron chi connectivity index (χ0n) is 14.4. The summed E-state index contributed by atoms with van der Waals surface area (Å²) in [5.41, 5.74) is 1.68. The third kappa shape index (κ3) is 4.56. The van der Waals surface area contributed by atoms with Crippen molar-refractivity contribution < 1.29 is 14.1 Å². The van der Waals surface area contributed by atoms with Crippen LogP contribution in [0.15, 0.2) is 21.4 Å². The summed E-state index contributed by atoms with van der Waals surface area (Å²) >= 11 is 3.30. The van der Waals surface area contributed by atoms with Crippen molar-refractivity contribution in [2.75, 3.05) is 19.7 Å². The molecule has 2 aromatic rings. The smallest absolute Gasteiger partial charge is 0.316 e. The van der Waals surface area contributed by atoms with E-state index in [0.29, 0.717) is 25.6 Å². The van der Waals surface area contributed by atoms with Gasteiger partial charge < -0.3 is 14.2 Å². The van der Waals surface area contributed by atoms with Crippen LogP contribution in [0.3, 0.4) is 0 Å². The van der Waals surface area contributed by atoms with Gasteiger partial charge >= 0.3 is 6.01 Å². The SMILES string of the molecule is Cc1noc(C)c1CC(=O)N1CCCC(COc2ncc(Br)cn2)C1. The zero-order valence-corrected chi connectivity index (χ0v) is 16.0. The minimum atomic E-state index is 0.110. The van der Waals surface area contributed by atoms with Crippen LogP contribution in [0.4, 0.5) is 0 Å². The number of aromatic nitrogens is 3.